The molecule has 2 atom stereocenters. The first-order chi connectivity index (χ1) is 12.4. The molecule has 142 valence electrons. The maximum atomic E-state index is 13.2. The van der Waals surface area contributed by atoms with Gasteiger partial charge in [0.2, 0.25) is 5.91 Å². The third-order valence-corrected chi connectivity index (χ3v) is 8.02. The van der Waals surface area contributed by atoms with Crippen molar-refractivity contribution in [3.05, 3.63) is 29.3 Å². The van der Waals surface area contributed by atoms with Crippen molar-refractivity contribution in [3.8, 4) is 5.75 Å². The van der Waals surface area contributed by atoms with Crippen molar-refractivity contribution in [1.29, 1.82) is 0 Å². The minimum absolute atomic E-state index is 0.0265. The zero-order valence-electron chi connectivity index (χ0n) is 16.0. The fourth-order valence-electron chi connectivity index (χ4n) is 4.70. The second kappa shape index (κ2) is 6.66. The molecule has 5 heteroatoms. The molecule has 4 rings (SSSR count). The Morgan fingerprint density at radius 2 is 2.04 bits per heavy atom. The highest BCUT2D eigenvalue weighted by Crippen LogP contribution is 2.61. The Kier molecular flexibility index (Phi) is 4.62. The second-order valence-electron chi connectivity index (χ2n) is 8.45. The van der Waals surface area contributed by atoms with Crippen LogP contribution in [0, 0.1) is 5.92 Å². The van der Waals surface area contributed by atoms with E-state index >= 15 is 0 Å². The number of benzene rings is 1. The first kappa shape index (κ1) is 18.0. The van der Waals surface area contributed by atoms with Crippen LogP contribution in [0.3, 0.4) is 0 Å². The summed E-state index contributed by atoms with van der Waals surface area (Å²) < 4.78 is 17.5. The maximum Gasteiger partial charge on any atom is 0.226 e. The molecule has 2 fully saturated rings. The number of hydrogen-bond acceptors (Lipinski definition) is 3. The molecule has 1 aromatic rings. The molecule has 0 bridgehead atoms. The summed E-state index contributed by atoms with van der Waals surface area (Å²) in [5, 5.41) is 0. The lowest BCUT2D eigenvalue weighted by Gasteiger charge is -2.33. The molecule has 2 heterocycles. The monoisotopic (exact) mass is 375 g/mol. The number of fused-ring (bicyclic) bond motifs is 2. The van der Waals surface area contributed by atoms with E-state index in [4.69, 9.17) is 4.74 Å². The highest BCUT2D eigenvalue weighted by Gasteiger charge is 2.62. The summed E-state index contributed by atoms with van der Waals surface area (Å²) in [7, 11) is 1.25. The van der Waals surface area contributed by atoms with Gasteiger partial charge in [0.15, 0.2) is 0 Å². The smallest absolute Gasteiger partial charge is 0.226 e. The van der Waals surface area contributed by atoms with Gasteiger partial charge in [-0.15, -0.1) is 0 Å². The van der Waals surface area contributed by atoms with Gasteiger partial charge in [-0.25, -0.2) is 0 Å². The van der Waals surface area contributed by atoms with E-state index < -0.39 is 10.8 Å². The fourth-order valence-corrected chi connectivity index (χ4v) is 5.97. The molecule has 0 aromatic heterocycles. The van der Waals surface area contributed by atoms with Crippen LogP contribution in [0.5, 0.6) is 5.75 Å². The molecule has 1 saturated heterocycles. The Hall–Kier alpha value is -1.36. The predicted molar refractivity (Wildman–Crippen MR) is 104 cm³/mol. The molecule has 3 aliphatic rings. The van der Waals surface area contributed by atoms with Crippen LogP contribution in [-0.4, -0.2) is 46.2 Å². The number of amides is 1. The van der Waals surface area contributed by atoms with Crippen molar-refractivity contribution in [2.45, 2.75) is 56.9 Å². The molecule has 4 nitrogen and oxygen atoms in total. The Balaban J connectivity index is 1.55. The van der Waals surface area contributed by atoms with E-state index in [0.717, 1.165) is 42.9 Å². The van der Waals surface area contributed by atoms with Gasteiger partial charge in [0.05, 0.1) is 6.61 Å². The number of ether oxygens (including phenoxy) is 1. The van der Waals surface area contributed by atoms with Crippen LogP contribution in [0.15, 0.2) is 18.2 Å². The lowest BCUT2D eigenvalue weighted by atomic mass is 9.85. The average Bonchev–Trinajstić information content (AvgIpc) is 3.35. The summed E-state index contributed by atoms with van der Waals surface area (Å²) in [6.45, 7) is 5.10. The van der Waals surface area contributed by atoms with Crippen LogP contribution in [0.25, 0.3) is 0 Å². The number of hydrogen-bond donors (Lipinski definition) is 0. The third kappa shape index (κ3) is 2.98. The minimum atomic E-state index is -0.688. The molecular weight excluding hydrogens is 346 g/mol. The molecule has 0 unspecified atom stereocenters. The molecule has 26 heavy (non-hydrogen) atoms. The number of rotatable bonds is 3. The summed E-state index contributed by atoms with van der Waals surface area (Å²) in [5.74, 6) is 3.24. The Bertz CT molecular complexity index is 737. The summed E-state index contributed by atoms with van der Waals surface area (Å²) in [6, 6.07) is 6.76. The van der Waals surface area contributed by atoms with E-state index in [-0.39, 0.29) is 23.3 Å². The normalized spacial score (nSPS) is 32.8. The van der Waals surface area contributed by atoms with Gasteiger partial charge in [-0.3, -0.25) is 9.00 Å². The zero-order chi connectivity index (χ0) is 18.5. The number of carbonyl (C=O) groups is 1. The quantitative estimate of drug-likeness (QED) is 0.815. The predicted octanol–water partition coefficient (Wildman–Crippen LogP) is 3.22. The molecule has 2 aliphatic heterocycles. The fraction of sp³-hybridized carbons (Fsp3) is 0.667. The minimum Gasteiger partial charge on any atom is -0.493 e. The molecule has 1 aliphatic carbocycles. The maximum absolute atomic E-state index is 13.2. The van der Waals surface area contributed by atoms with Gasteiger partial charge in [-0.05, 0) is 43.2 Å². The standard InChI is InChI=1S/C21H29NO3S/c1-14(2)15-4-5-19-17(12-15)21(8-9-25-19)13-18(21)20(23)22(3)16-6-10-26(24)11-7-16/h4-5,12,14,16,18H,6-11,13H2,1-3H3/t16?,18-,21-,26?/m0/s1. The summed E-state index contributed by atoms with van der Waals surface area (Å²) in [5.41, 5.74) is 2.53. The van der Waals surface area contributed by atoms with Crippen molar-refractivity contribution < 1.29 is 13.7 Å². The van der Waals surface area contributed by atoms with Gasteiger partial charge < -0.3 is 9.64 Å². The van der Waals surface area contributed by atoms with E-state index in [1.54, 1.807) is 0 Å². The summed E-state index contributed by atoms with van der Waals surface area (Å²) >= 11 is 0. The van der Waals surface area contributed by atoms with Gasteiger partial charge in [-0.2, -0.15) is 0 Å². The first-order valence-corrected chi connectivity index (χ1v) is 11.3. The molecule has 1 amide bonds. The Morgan fingerprint density at radius 1 is 1.31 bits per heavy atom. The van der Waals surface area contributed by atoms with E-state index in [1.807, 2.05) is 11.9 Å². The third-order valence-electron chi connectivity index (χ3n) is 6.64. The van der Waals surface area contributed by atoms with E-state index in [9.17, 15) is 9.00 Å². The lowest BCUT2D eigenvalue weighted by Crippen LogP contribution is -2.43. The van der Waals surface area contributed by atoms with Crippen molar-refractivity contribution in [2.24, 2.45) is 5.92 Å². The molecule has 1 aromatic carbocycles. The van der Waals surface area contributed by atoms with Crippen molar-refractivity contribution in [2.75, 3.05) is 25.2 Å². The lowest BCUT2D eigenvalue weighted by molar-refractivity contribution is -0.134. The van der Waals surface area contributed by atoms with Gasteiger partial charge in [-0.1, -0.05) is 26.0 Å². The SMILES string of the molecule is CC(C)c1ccc2c(c1)[C@]1(CCO2)C[C@H]1C(=O)N(C)C1CCS(=O)CC1. The van der Waals surface area contributed by atoms with Crippen LogP contribution in [0.2, 0.25) is 0 Å². The van der Waals surface area contributed by atoms with E-state index in [0.29, 0.717) is 12.5 Å². The van der Waals surface area contributed by atoms with Crippen LogP contribution < -0.4 is 4.74 Å². The molecule has 1 spiro atoms. The molecule has 1 saturated carbocycles. The van der Waals surface area contributed by atoms with Crippen molar-refractivity contribution >= 4 is 16.7 Å². The summed E-state index contributed by atoms with van der Waals surface area (Å²) in [4.78, 5) is 15.2. The highest BCUT2D eigenvalue weighted by atomic mass is 32.2. The van der Waals surface area contributed by atoms with Crippen LogP contribution in [0.4, 0.5) is 0 Å². The molecule has 0 radical (unpaired) electrons. The Labute approximate surface area is 158 Å². The van der Waals surface area contributed by atoms with Gasteiger partial charge in [0.25, 0.3) is 0 Å². The Morgan fingerprint density at radius 3 is 2.73 bits per heavy atom. The van der Waals surface area contributed by atoms with Gasteiger partial charge >= 0.3 is 0 Å². The van der Waals surface area contributed by atoms with Gasteiger partial charge in [0, 0.05) is 52.3 Å². The van der Waals surface area contributed by atoms with Crippen molar-refractivity contribution in [3.63, 3.8) is 0 Å². The largest absolute Gasteiger partial charge is 0.493 e. The molecule has 0 N–H and O–H groups in total. The van der Waals surface area contributed by atoms with Crippen molar-refractivity contribution in [1.82, 2.24) is 4.90 Å². The topological polar surface area (TPSA) is 46.6 Å². The van der Waals surface area contributed by atoms with Gasteiger partial charge in [0.1, 0.15) is 5.75 Å². The second-order valence-corrected chi connectivity index (χ2v) is 10.1. The zero-order valence-corrected chi connectivity index (χ0v) is 16.8. The van der Waals surface area contributed by atoms with Crippen LogP contribution >= 0.6 is 0 Å². The van der Waals surface area contributed by atoms with E-state index in [1.165, 1.54) is 11.1 Å². The molecular formula is C21H29NO3S. The highest BCUT2D eigenvalue weighted by molar-refractivity contribution is 7.85. The van der Waals surface area contributed by atoms with Crippen LogP contribution in [0.1, 0.15) is 56.6 Å². The number of carbonyl (C=O) groups excluding carboxylic acids is 1. The summed E-state index contributed by atoms with van der Waals surface area (Å²) in [6.07, 6.45) is 3.60. The van der Waals surface area contributed by atoms with Crippen LogP contribution in [-0.2, 0) is 21.0 Å². The average molecular weight is 376 g/mol. The number of nitrogens with zero attached hydrogens (tertiary/aromatic N) is 1. The first-order valence-electron chi connectivity index (χ1n) is 9.81. The van der Waals surface area contributed by atoms with E-state index in [2.05, 4.69) is 32.0 Å².